The fourth-order valence-corrected chi connectivity index (χ4v) is 1.71. The third-order valence-electron chi connectivity index (χ3n) is 1.95. The molecule has 1 heterocycles. The molecular weight excluding hydrogens is 271 g/mol. The summed E-state index contributed by atoms with van der Waals surface area (Å²) in [5, 5.41) is 18.2. The number of ether oxygens (including phenoxy) is 2. The van der Waals surface area contributed by atoms with E-state index >= 15 is 0 Å². The predicted molar refractivity (Wildman–Crippen MR) is 54.8 cm³/mol. The molecule has 0 saturated carbocycles. The van der Waals surface area contributed by atoms with Crippen LogP contribution < -0.4 is 0 Å². The number of carbonyl (C=O) groups excluding carboxylic acids is 1. The number of hydrogen-bond donors (Lipinski definition) is 4. The number of hydrogen-bond acceptors (Lipinski definition) is 7. The molecule has 18 heavy (non-hydrogen) atoms. The zero-order valence-electron chi connectivity index (χ0n) is 9.35. The second kappa shape index (κ2) is 5.68. The van der Waals surface area contributed by atoms with E-state index in [1.54, 1.807) is 6.92 Å². The minimum Gasteiger partial charge on any atom is -0.490 e. The average Bonchev–Trinajstić information content (AvgIpc) is 2.55. The first kappa shape index (κ1) is 14.9. The lowest BCUT2D eigenvalue weighted by Crippen LogP contribution is -2.32. The number of aliphatic hydroxyl groups is 2. The number of rotatable bonds is 6. The van der Waals surface area contributed by atoms with Gasteiger partial charge in [0.15, 0.2) is 11.9 Å². The number of carbonyl (C=O) groups is 1. The van der Waals surface area contributed by atoms with Crippen molar-refractivity contribution in [2.24, 2.45) is 0 Å². The number of phosphoric ester groups is 1. The molecule has 0 unspecified atom stereocenters. The minimum absolute atomic E-state index is 0.0502. The van der Waals surface area contributed by atoms with Crippen LogP contribution in [0.2, 0.25) is 0 Å². The van der Waals surface area contributed by atoms with Gasteiger partial charge in [-0.1, -0.05) is 0 Å². The Balaban J connectivity index is 3.07. The van der Waals surface area contributed by atoms with Gasteiger partial charge in [0.1, 0.15) is 6.10 Å². The van der Waals surface area contributed by atoms with Crippen molar-refractivity contribution in [1.82, 2.24) is 0 Å². The highest BCUT2D eigenvalue weighted by Gasteiger charge is 2.44. The molecule has 0 aromatic carbocycles. The first-order chi connectivity index (χ1) is 8.30. The Labute approximate surface area is 102 Å². The summed E-state index contributed by atoms with van der Waals surface area (Å²) in [5.74, 6) is -2.34. The second-order valence-corrected chi connectivity index (χ2v) is 4.45. The van der Waals surface area contributed by atoms with E-state index in [1.807, 2.05) is 0 Å². The number of cyclic esters (lactones) is 1. The van der Waals surface area contributed by atoms with Gasteiger partial charge in [0.05, 0.1) is 13.2 Å². The van der Waals surface area contributed by atoms with Gasteiger partial charge in [-0.15, -0.1) is 0 Å². The zero-order valence-corrected chi connectivity index (χ0v) is 10.2. The molecule has 0 aromatic rings. The van der Waals surface area contributed by atoms with Crippen LogP contribution in [0.5, 0.6) is 0 Å². The van der Waals surface area contributed by atoms with Crippen LogP contribution in [0.4, 0.5) is 0 Å². The third-order valence-corrected chi connectivity index (χ3v) is 2.37. The number of esters is 1. The van der Waals surface area contributed by atoms with Crippen molar-refractivity contribution < 1.29 is 43.4 Å². The van der Waals surface area contributed by atoms with Gasteiger partial charge in [-0.25, -0.2) is 9.36 Å². The lowest BCUT2D eigenvalue weighted by Gasteiger charge is -2.17. The van der Waals surface area contributed by atoms with Crippen LogP contribution >= 0.6 is 7.82 Å². The summed E-state index contributed by atoms with van der Waals surface area (Å²) in [7, 11) is -4.96. The molecule has 1 aliphatic heterocycles. The van der Waals surface area contributed by atoms with Gasteiger partial charge < -0.3 is 24.2 Å². The van der Waals surface area contributed by atoms with E-state index in [1.165, 1.54) is 0 Å². The van der Waals surface area contributed by atoms with Crippen LogP contribution in [0.25, 0.3) is 0 Å². The highest BCUT2D eigenvalue weighted by Crippen LogP contribution is 2.42. The van der Waals surface area contributed by atoms with Gasteiger partial charge in [-0.3, -0.25) is 9.79 Å². The van der Waals surface area contributed by atoms with Gasteiger partial charge >= 0.3 is 13.8 Å². The quantitative estimate of drug-likeness (QED) is 0.343. The van der Waals surface area contributed by atoms with Gasteiger partial charge in [0.2, 0.25) is 0 Å². The molecule has 4 N–H and O–H groups in total. The Hall–Kier alpha value is -1.12. The van der Waals surface area contributed by atoms with Gasteiger partial charge in [-0.05, 0) is 6.92 Å². The van der Waals surface area contributed by atoms with E-state index in [0.717, 1.165) is 0 Å². The maximum Gasteiger partial charge on any atom is 0.525 e. The molecule has 1 rings (SSSR count). The maximum absolute atomic E-state index is 11.3. The zero-order chi connectivity index (χ0) is 13.9. The second-order valence-electron chi connectivity index (χ2n) is 3.28. The number of aliphatic hydroxyl groups excluding tert-OH is 2. The maximum atomic E-state index is 11.3. The topological polar surface area (TPSA) is 143 Å². The van der Waals surface area contributed by atoms with Crippen LogP contribution in [-0.4, -0.2) is 51.4 Å². The van der Waals surface area contributed by atoms with Crippen LogP contribution in [0.1, 0.15) is 6.92 Å². The van der Waals surface area contributed by atoms with Crippen LogP contribution in [-0.2, 0) is 23.4 Å². The fraction of sp³-hybridized carbons (Fsp3) is 0.625. The summed E-state index contributed by atoms with van der Waals surface area (Å²) in [6.07, 6.45) is -2.84. The first-order valence-electron chi connectivity index (χ1n) is 4.92. The van der Waals surface area contributed by atoms with Gasteiger partial charge in [0.25, 0.3) is 5.76 Å². The molecule has 0 spiro atoms. The fourth-order valence-electron chi connectivity index (χ4n) is 1.31. The first-order valence-corrected chi connectivity index (χ1v) is 6.45. The molecule has 0 amide bonds. The summed E-state index contributed by atoms with van der Waals surface area (Å²) in [5.41, 5.74) is 0. The highest BCUT2D eigenvalue weighted by molar-refractivity contribution is 7.46. The van der Waals surface area contributed by atoms with E-state index in [4.69, 9.17) is 19.6 Å². The molecule has 2 atom stereocenters. The molecule has 0 radical (unpaired) electrons. The summed E-state index contributed by atoms with van der Waals surface area (Å²) in [4.78, 5) is 28.6. The van der Waals surface area contributed by atoms with Crippen molar-refractivity contribution in [3.63, 3.8) is 0 Å². The van der Waals surface area contributed by atoms with Gasteiger partial charge in [-0.2, -0.15) is 0 Å². The number of phosphoric acid groups is 1. The van der Waals surface area contributed by atoms with Crippen molar-refractivity contribution in [1.29, 1.82) is 0 Å². The lowest BCUT2D eigenvalue weighted by atomic mass is 10.2. The van der Waals surface area contributed by atoms with Crippen LogP contribution in [0.15, 0.2) is 11.5 Å². The Morgan fingerprint density at radius 3 is 2.56 bits per heavy atom. The lowest BCUT2D eigenvalue weighted by molar-refractivity contribution is -0.148. The molecule has 104 valence electrons. The molecule has 10 heteroatoms. The molecule has 0 aliphatic carbocycles. The summed E-state index contributed by atoms with van der Waals surface area (Å²) >= 11 is 0. The third kappa shape index (κ3) is 3.44. The Kier molecular flexibility index (Phi) is 4.71. The smallest absolute Gasteiger partial charge is 0.490 e. The van der Waals surface area contributed by atoms with E-state index in [2.05, 4.69) is 9.26 Å². The minimum atomic E-state index is -4.96. The van der Waals surface area contributed by atoms with Crippen molar-refractivity contribution >= 4 is 13.8 Å². The Morgan fingerprint density at radius 2 is 2.11 bits per heavy atom. The van der Waals surface area contributed by atoms with Crippen molar-refractivity contribution in [3.8, 4) is 0 Å². The van der Waals surface area contributed by atoms with E-state index < -0.39 is 38.4 Å². The Morgan fingerprint density at radius 1 is 1.50 bits per heavy atom. The van der Waals surface area contributed by atoms with E-state index in [0.29, 0.717) is 0 Å². The van der Waals surface area contributed by atoms with Gasteiger partial charge in [0, 0.05) is 0 Å². The molecule has 0 fully saturated rings. The van der Waals surface area contributed by atoms with Crippen LogP contribution in [0, 0.1) is 0 Å². The molecule has 9 nitrogen and oxygen atoms in total. The SMILES string of the molecule is CCOC1=C(OP(=O)(O)O)C(=O)O[C@@H]1[C@@H](O)CO. The monoisotopic (exact) mass is 284 g/mol. The molecule has 1 aliphatic rings. The standard InChI is InChI=1S/C8H13O9P/c1-2-15-6-5(4(10)3-9)16-8(11)7(6)17-18(12,13)14/h4-5,9-10H,2-3H2,1H3,(H2,12,13,14)/t4-,5+/m0/s1. The van der Waals surface area contributed by atoms with Crippen molar-refractivity contribution in [3.05, 3.63) is 11.5 Å². The summed E-state index contributed by atoms with van der Waals surface area (Å²) in [6.45, 7) is 0.875. The van der Waals surface area contributed by atoms with E-state index in [9.17, 15) is 14.5 Å². The summed E-state index contributed by atoms with van der Waals surface area (Å²) < 4.78 is 24.4. The van der Waals surface area contributed by atoms with E-state index in [-0.39, 0.29) is 12.4 Å². The predicted octanol–water partition coefficient (Wildman–Crippen LogP) is -1.38. The largest absolute Gasteiger partial charge is 0.525 e. The average molecular weight is 284 g/mol. The Bertz CT molecular complexity index is 397. The molecular formula is C8H13O9P. The molecule has 0 saturated heterocycles. The molecule has 0 aromatic heterocycles. The molecule has 0 bridgehead atoms. The normalized spacial score (nSPS) is 21.8. The van der Waals surface area contributed by atoms with Crippen molar-refractivity contribution in [2.45, 2.75) is 19.1 Å². The summed E-state index contributed by atoms with van der Waals surface area (Å²) in [6, 6.07) is 0. The van der Waals surface area contributed by atoms with Crippen LogP contribution in [0.3, 0.4) is 0 Å². The highest BCUT2D eigenvalue weighted by atomic mass is 31.2. The van der Waals surface area contributed by atoms with Crippen molar-refractivity contribution in [2.75, 3.05) is 13.2 Å².